The number of aromatic nitrogens is 2. The van der Waals surface area contributed by atoms with Crippen LogP contribution in [0.15, 0.2) is 30.7 Å². The highest BCUT2D eigenvalue weighted by Gasteiger charge is 2.12. The first-order chi connectivity index (χ1) is 10.2. The van der Waals surface area contributed by atoms with Gasteiger partial charge in [0.25, 0.3) is 5.91 Å². The van der Waals surface area contributed by atoms with Crippen molar-refractivity contribution in [1.29, 1.82) is 5.26 Å². The largest absolute Gasteiger partial charge is 0.384 e. The van der Waals surface area contributed by atoms with Crippen LogP contribution in [-0.4, -0.2) is 22.4 Å². The molecule has 21 heavy (non-hydrogen) atoms. The van der Waals surface area contributed by atoms with E-state index in [9.17, 15) is 4.79 Å². The highest BCUT2D eigenvalue weighted by molar-refractivity contribution is 6.06. The van der Waals surface area contributed by atoms with Crippen molar-refractivity contribution in [3.8, 4) is 6.07 Å². The standard InChI is InChI=1S/C15H15N5O/c1-3-18-14-6-11(7-16)4-5-13(14)20-15(21)12-8-17-9-19-10(12)2/h4-6,8-9,18H,3H2,1-2H3,(H,20,21). The van der Waals surface area contributed by atoms with Crippen LogP contribution in [0.25, 0.3) is 0 Å². The molecule has 106 valence electrons. The third-order valence-corrected chi connectivity index (χ3v) is 2.92. The highest BCUT2D eigenvalue weighted by atomic mass is 16.1. The van der Waals surface area contributed by atoms with E-state index < -0.39 is 0 Å². The molecule has 1 amide bonds. The molecule has 2 N–H and O–H groups in total. The summed E-state index contributed by atoms with van der Waals surface area (Å²) >= 11 is 0. The molecule has 0 spiro atoms. The topological polar surface area (TPSA) is 90.7 Å². The number of rotatable bonds is 4. The fraction of sp³-hybridized carbons (Fsp3) is 0.200. The summed E-state index contributed by atoms with van der Waals surface area (Å²) in [4.78, 5) is 20.1. The summed E-state index contributed by atoms with van der Waals surface area (Å²) < 4.78 is 0. The van der Waals surface area contributed by atoms with Crippen LogP contribution in [0.2, 0.25) is 0 Å². The van der Waals surface area contributed by atoms with E-state index in [-0.39, 0.29) is 5.91 Å². The Morgan fingerprint density at radius 2 is 2.19 bits per heavy atom. The zero-order valence-corrected chi connectivity index (χ0v) is 11.8. The summed E-state index contributed by atoms with van der Waals surface area (Å²) in [6.07, 6.45) is 2.88. The molecule has 0 fully saturated rings. The lowest BCUT2D eigenvalue weighted by molar-refractivity contribution is 0.102. The van der Waals surface area contributed by atoms with Crippen LogP contribution >= 0.6 is 0 Å². The van der Waals surface area contributed by atoms with Gasteiger partial charge in [0.2, 0.25) is 0 Å². The monoisotopic (exact) mass is 281 g/mol. The van der Waals surface area contributed by atoms with E-state index in [2.05, 4.69) is 26.7 Å². The Labute approximate surface area is 122 Å². The van der Waals surface area contributed by atoms with Crippen LogP contribution < -0.4 is 10.6 Å². The van der Waals surface area contributed by atoms with Gasteiger partial charge >= 0.3 is 0 Å². The summed E-state index contributed by atoms with van der Waals surface area (Å²) in [5.41, 5.74) is 2.89. The first-order valence-corrected chi connectivity index (χ1v) is 6.51. The highest BCUT2D eigenvalue weighted by Crippen LogP contribution is 2.23. The maximum Gasteiger partial charge on any atom is 0.259 e. The van der Waals surface area contributed by atoms with Gasteiger partial charge in [-0.25, -0.2) is 9.97 Å². The van der Waals surface area contributed by atoms with Gasteiger partial charge < -0.3 is 10.6 Å². The minimum Gasteiger partial charge on any atom is -0.384 e. The van der Waals surface area contributed by atoms with E-state index in [1.54, 1.807) is 25.1 Å². The van der Waals surface area contributed by atoms with E-state index in [0.29, 0.717) is 34.7 Å². The van der Waals surface area contributed by atoms with Crippen LogP contribution in [0, 0.1) is 18.3 Å². The molecular weight excluding hydrogens is 266 g/mol. The molecule has 0 saturated heterocycles. The number of carbonyl (C=O) groups excluding carboxylic acids is 1. The van der Waals surface area contributed by atoms with Gasteiger partial charge in [0.15, 0.2) is 0 Å². The number of carbonyl (C=O) groups is 1. The van der Waals surface area contributed by atoms with Gasteiger partial charge in [0, 0.05) is 12.7 Å². The van der Waals surface area contributed by atoms with Crippen molar-refractivity contribution < 1.29 is 4.79 Å². The van der Waals surface area contributed by atoms with Crippen molar-refractivity contribution in [3.05, 3.63) is 47.5 Å². The van der Waals surface area contributed by atoms with Crippen LogP contribution in [0.5, 0.6) is 0 Å². The van der Waals surface area contributed by atoms with Crippen molar-refractivity contribution >= 4 is 17.3 Å². The Hall–Kier alpha value is -2.94. The van der Waals surface area contributed by atoms with Crippen molar-refractivity contribution in [1.82, 2.24) is 9.97 Å². The number of hydrogen-bond acceptors (Lipinski definition) is 5. The number of nitriles is 1. The molecule has 0 bridgehead atoms. The predicted octanol–water partition coefficient (Wildman–Crippen LogP) is 2.34. The van der Waals surface area contributed by atoms with Crippen molar-refractivity contribution in [2.75, 3.05) is 17.2 Å². The first-order valence-electron chi connectivity index (χ1n) is 6.51. The normalized spacial score (nSPS) is 9.76. The third kappa shape index (κ3) is 3.34. The summed E-state index contributed by atoms with van der Waals surface area (Å²) in [7, 11) is 0. The molecule has 2 aromatic rings. The molecule has 0 radical (unpaired) electrons. The third-order valence-electron chi connectivity index (χ3n) is 2.92. The zero-order valence-electron chi connectivity index (χ0n) is 11.8. The fourth-order valence-electron chi connectivity index (χ4n) is 1.86. The molecular formula is C15H15N5O. The lowest BCUT2D eigenvalue weighted by atomic mass is 10.1. The van der Waals surface area contributed by atoms with Gasteiger partial charge in [-0.2, -0.15) is 5.26 Å². The van der Waals surface area contributed by atoms with Crippen molar-refractivity contribution in [2.24, 2.45) is 0 Å². The average molecular weight is 281 g/mol. The molecule has 0 unspecified atom stereocenters. The second kappa shape index (κ2) is 6.48. The second-order valence-electron chi connectivity index (χ2n) is 4.38. The summed E-state index contributed by atoms with van der Waals surface area (Å²) in [5.74, 6) is -0.281. The molecule has 6 nitrogen and oxygen atoms in total. The van der Waals surface area contributed by atoms with Gasteiger partial charge in [-0.05, 0) is 32.0 Å². The Morgan fingerprint density at radius 1 is 1.38 bits per heavy atom. The molecule has 0 atom stereocenters. The lowest BCUT2D eigenvalue weighted by Gasteiger charge is -2.13. The first kappa shape index (κ1) is 14.5. The summed E-state index contributed by atoms with van der Waals surface area (Å²) in [6.45, 7) is 4.38. The number of amides is 1. The minimum atomic E-state index is -0.281. The van der Waals surface area contributed by atoms with Gasteiger partial charge in [0.1, 0.15) is 6.33 Å². The molecule has 0 saturated carbocycles. The molecule has 6 heteroatoms. The number of anilines is 2. The Kier molecular flexibility index (Phi) is 4.46. The van der Waals surface area contributed by atoms with Crippen molar-refractivity contribution in [3.63, 3.8) is 0 Å². The van der Waals surface area contributed by atoms with Gasteiger partial charge in [0.05, 0.1) is 34.3 Å². The number of hydrogen-bond donors (Lipinski definition) is 2. The Bertz CT molecular complexity index is 705. The molecule has 0 aliphatic carbocycles. The zero-order chi connectivity index (χ0) is 15.2. The smallest absolute Gasteiger partial charge is 0.259 e. The Balaban J connectivity index is 2.29. The lowest BCUT2D eigenvalue weighted by Crippen LogP contribution is -2.16. The average Bonchev–Trinajstić information content (AvgIpc) is 2.49. The van der Waals surface area contributed by atoms with Crippen LogP contribution in [0.3, 0.4) is 0 Å². The quantitative estimate of drug-likeness (QED) is 0.897. The van der Waals surface area contributed by atoms with Gasteiger partial charge in [-0.3, -0.25) is 4.79 Å². The van der Waals surface area contributed by atoms with Gasteiger partial charge in [-0.1, -0.05) is 0 Å². The van der Waals surface area contributed by atoms with E-state index >= 15 is 0 Å². The Morgan fingerprint density at radius 3 is 2.86 bits per heavy atom. The maximum atomic E-state index is 12.3. The summed E-state index contributed by atoms with van der Waals surface area (Å²) in [6, 6.07) is 7.14. The number of nitrogens with one attached hydrogen (secondary N) is 2. The van der Waals surface area contributed by atoms with Crippen LogP contribution in [-0.2, 0) is 0 Å². The number of aryl methyl sites for hydroxylation is 1. The molecule has 1 aromatic carbocycles. The van der Waals surface area contributed by atoms with E-state index in [1.807, 2.05) is 6.92 Å². The van der Waals surface area contributed by atoms with Crippen molar-refractivity contribution in [2.45, 2.75) is 13.8 Å². The fourth-order valence-corrected chi connectivity index (χ4v) is 1.86. The van der Waals surface area contributed by atoms with Gasteiger partial charge in [-0.15, -0.1) is 0 Å². The molecule has 2 rings (SSSR count). The maximum absolute atomic E-state index is 12.3. The predicted molar refractivity (Wildman–Crippen MR) is 80.0 cm³/mol. The van der Waals surface area contributed by atoms with E-state index in [1.165, 1.54) is 12.5 Å². The second-order valence-corrected chi connectivity index (χ2v) is 4.38. The van der Waals surface area contributed by atoms with Crippen LogP contribution in [0.1, 0.15) is 28.5 Å². The SMILES string of the molecule is CCNc1cc(C#N)ccc1NC(=O)c1cncnc1C. The minimum absolute atomic E-state index is 0.281. The van der Waals surface area contributed by atoms with E-state index in [4.69, 9.17) is 5.26 Å². The van der Waals surface area contributed by atoms with Crippen LogP contribution in [0.4, 0.5) is 11.4 Å². The molecule has 0 aliphatic rings. The number of benzene rings is 1. The molecule has 1 aromatic heterocycles. The summed E-state index contributed by atoms with van der Waals surface area (Å²) in [5, 5.41) is 14.9. The molecule has 0 aliphatic heterocycles. The van der Waals surface area contributed by atoms with E-state index in [0.717, 1.165) is 0 Å². The molecule has 1 heterocycles. The number of nitrogens with zero attached hydrogens (tertiary/aromatic N) is 3.